The zero-order chi connectivity index (χ0) is 14.1. The van der Waals surface area contributed by atoms with Crippen LogP contribution < -0.4 is 0 Å². The first kappa shape index (κ1) is 12.1. The van der Waals surface area contributed by atoms with E-state index < -0.39 is 11.8 Å². The summed E-state index contributed by atoms with van der Waals surface area (Å²) < 4.78 is 18.4. The van der Waals surface area contributed by atoms with Crippen molar-refractivity contribution in [2.45, 2.75) is 0 Å². The van der Waals surface area contributed by atoms with Crippen LogP contribution in [0.15, 0.2) is 42.5 Å². The van der Waals surface area contributed by atoms with Gasteiger partial charge in [-0.25, -0.2) is 9.18 Å². The number of fused-ring (bicyclic) bond motifs is 1. The van der Waals surface area contributed by atoms with Gasteiger partial charge in [-0.05, 0) is 29.8 Å². The predicted octanol–water partition coefficient (Wildman–Crippen LogP) is 3.37. The number of esters is 1. The van der Waals surface area contributed by atoms with Gasteiger partial charge in [0.2, 0.25) is 0 Å². The zero-order valence-electron chi connectivity index (χ0n) is 10.3. The number of cyclic esters (lactones) is 1. The van der Waals surface area contributed by atoms with E-state index in [1.807, 2.05) is 0 Å². The quantitative estimate of drug-likeness (QED) is 0.743. The maximum absolute atomic E-state index is 13.3. The molecule has 3 rings (SSSR count). The van der Waals surface area contributed by atoms with Crippen molar-refractivity contribution < 1.29 is 13.9 Å². The topological polar surface area (TPSA) is 50.1 Å². The predicted molar refractivity (Wildman–Crippen MR) is 70.8 cm³/mol. The van der Waals surface area contributed by atoms with E-state index in [1.54, 1.807) is 36.4 Å². The van der Waals surface area contributed by atoms with E-state index in [0.29, 0.717) is 22.4 Å². The van der Waals surface area contributed by atoms with E-state index in [2.05, 4.69) is 0 Å². The van der Waals surface area contributed by atoms with Crippen LogP contribution in [0.25, 0.3) is 11.8 Å². The molecule has 1 heterocycles. The molecule has 1 aliphatic rings. The Morgan fingerprint density at radius 1 is 1.15 bits per heavy atom. The minimum atomic E-state index is -0.571. The van der Waals surface area contributed by atoms with Crippen LogP contribution in [0.5, 0.6) is 0 Å². The van der Waals surface area contributed by atoms with Crippen LogP contribution in [0, 0.1) is 17.1 Å². The van der Waals surface area contributed by atoms with Crippen molar-refractivity contribution >= 4 is 17.8 Å². The standard InChI is InChI=1S/C16H8FNO2/c17-14-6-5-10(7-11(14)9-18)8-15-12-3-1-2-4-13(12)16(19)20-15/h1-8H/b15-8+. The summed E-state index contributed by atoms with van der Waals surface area (Å²) >= 11 is 0. The summed E-state index contributed by atoms with van der Waals surface area (Å²) in [7, 11) is 0. The number of nitriles is 1. The fourth-order valence-corrected chi connectivity index (χ4v) is 2.06. The van der Waals surface area contributed by atoms with Gasteiger partial charge < -0.3 is 4.74 Å². The van der Waals surface area contributed by atoms with Gasteiger partial charge in [-0.3, -0.25) is 0 Å². The molecule has 2 aromatic carbocycles. The summed E-state index contributed by atoms with van der Waals surface area (Å²) in [6.45, 7) is 0. The lowest BCUT2D eigenvalue weighted by Crippen LogP contribution is -1.92. The maximum atomic E-state index is 13.3. The summed E-state index contributed by atoms with van der Waals surface area (Å²) in [4.78, 5) is 11.7. The van der Waals surface area contributed by atoms with Crippen LogP contribution in [0.3, 0.4) is 0 Å². The second kappa shape index (κ2) is 4.63. The largest absolute Gasteiger partial charge is 0.422 e. The first-order valence-corrected chi connectivity index (χ1v) is 5.92. The smallest absolute Gasteiger partial charge is 0.344 e. The van der Waals surface area contributed by atoms with Crippen molar-refractivity contribution in [3.05, 3.63) is 70.5 Å². The van der Waals surface area contributed by atoms with Gasteiger partial charge in [-0.15, -0.1) is 0 Å². The van der Waals surface area contributed by atoms with Gasteiger partial charge in [0.05, 0.1) is 11.1 Å². The number of hydrogen-bond donors (Lipinski definition) is 0. The van der Waals surface area contributed by atoms with Gasteiger partial charge in [0, 0.05) is 5.56 Å². The minimum absolute atomic E-state index is 0.0445. The van der Waals surface area contributed by atoms with Gasteiger partial charge in [0.25, 0.3) is 0 Å². The molecule has 0 fully saturated rings. The molecule has 1 aliphatic heterocycles. The molecular weight excluding hydrogens is 257 g/mol. The van der Waals surface area contributed by atoms with Crippen LogP contribution in [0.2, 0.25) is 0 Å². The number of nitrogens with zero attached hydrogens (tertiary/aromatic N) is 1. The van der Waals surface area contributed by atoms with Crippen LogP contribution in [0.4, 0.5) is 4.39 Å². The molecular formula is C16H8FNO2. The highest BCUT2D eigenvalue weighted by molar-refractivity contribution is 6.05. The highest BCUT2D eigenvalue weighted by atomic mass is 19.1. The number of carbonyl (C=O) groups is 1. The first-order chi connectivity index (χ1) is 9.69. The number of benzene rings is 2. The van der Waals surface area contributed by atoms with Crippen molar-refractivity contribution in [2.75, 3.05) is 0 Å². The number of halogens is 1. The minimum Gasteiger partial charge on any atom is -0.422 e. The third-order valence-electron chi connectivity index (χ3n) is 3.02. The summed E-state index contributed by atoms with van der Waals surface area (Å²) in [6, 6.07) is 13.0. The molecule has 0 spiro atoms. The van der Waals surface area contributed by atoms with E-state index >= 15 is 0 Å². The lowest BCUT2D eigenvalue weighted by molar-refractivity contribution is 0.0717. The second-order valence-corrected chi connectivity index (χ2v) is 4.29. The van der Waals surface area contributed by atoms with E-state index in [0.717, 1.165) is 0 Å². The molecule has 0 radical (unpaired) electrons. The number of carbonyl (C=O) groups excluding carboxylic acids is 1. The Morgan fingerprint density at radius 3 is 2.65 bits per heavy atom. The summed E-state index contributed by atoms with van der Waals surface area (Å²) in [6.07, 6.45) is 1.62. The summed E-state index contributed by atoms with van der Waals surface area (Å²) in [5.41, 5.74) is 1.75. The number of hydrogen-bond acceptors (Lipinski definition) is 3. The molecule has 0 aliphatic carbocycles. The molecule has 3 nitrogen and oxygen atoms in total. The highest BCUT2D eigenvalue weighted by Crippen LogP contribution is 2.31. The van der Waals surface area contributed by atoms with Crippen molar-refractivity contribution in [1.29, 1.82) is 5.26 Å². The zero-order valence-corrected chi connectivity index (χ0v) is 10.3. The fraction of sp³-hybridized carbons (Fsp3) is 0. The molecule has 96 valence electrons. The normalized spacial score (nSPS) is 14.8. The van der Waals surface area contributed by atoms with Crippen molar-refractivity contribution in [3.8, 4) is 6.07 Å². The monoisotopic (exact) mass is 265 g/mol. The molecule has 0 saturated heterocycles. The molecule has 20 heavy (non-hydrogen) atoms. The lowest BCUT2D eigenvalue weighted by Gasteiger charge is -2.00. The Hall–Kier alpha value is -2.93. The van der Waals surface area contributed by atoms with Crippen LogP contribution in [-0.4, -0.2) is 5.97 Å². The Bertz CT molecular complexity index is 787. The molecule has 0 N–H and O–H groups in total. The van der Waals surface area contributed by atoms with Crippen molar-refractivity contribution in [1.82, 2.24) is 0 Å². The van der Waals surface area contributed by atoms with Gasteiger partial charge in [-0.1, -0.05) is 24.3 Å². The second-order valence-electron chi connectivity index (χ2n) is 4.29. The Balaban J connectivity index is 2.07. The van der Waals surface area contributed by atoms with E-state index in [1.165, 1.54) is 18.2 Å². The van der Waals surface area contributed by atoms with Gasteiger partial charge in [0.1, 0.15) is 17.6 Å². The Morgan fingerprint density at radius 2 is 1.90 bits per heavy atom. The van der Waals surface area contributed by atoms with Gasteiger partial charge in [-0.2, -0.15) is 5.26 Å². The Kier molecular flexibility index (Phi) is 2.81. The van der Waals surface area contributed by atoms with E-state index in [-0.39, 0.29) is 5.56 Å². The molecule has 0 aromatic heterocycles. The molecule has 2 aromatic rings. The SMILES string of the molecule is N#Cc1cc(/C=C2/OC(=O)c3ccccc32)ccc1F. The van der Waals surface area contributed by atoms with Crippen molar-refractivity contribution in [2.24, 2.45) is 0 Å². The molecule has 0 saturated carbocycles. The highest BCUT2D eigenvalue weighted by Gasteiger charge is 2.25. The number of ether oxygens (including phenoxy) is 1. The van der Waals surface area contributed by atoms with E-state index in [9.17, 15) is 9.18 Å². The Labute approximate surface area is 114 Å². The third-order valence-corrected chi connectivity index (χ3v) is 3.02. The summed E-state index contributed by atoms with van der Waals surface area (Å²) in [5.74, 6) is -0.575. The molecule has 0 amide bonds. The van der Waals surface area contributed by atoms with Gasteiger partial charge in [0.15, 0.2) is 0 Å². The fourth-order valence-electron chi connectivity index (χ4n) is 2.06. The van der Waals surface area contributed by atoms with Crippen LogP contribution in [0.1, 0.15) is 27.0 Å². The average Bonchev–Trinajstić information content (AvgIpc) is 2.78. The lowest BCUT2D eigenvalue weighted by atomic mass is 10.1. The molecule has 0 bridgehead atoms. The van der Waals surface area contributed by atoms with Gasteiger partial charge >= 0.3 is 5.97 Å². The van der Waals surface area contributed by atoms with Crippen molar-refractivity contribution in [3.63, 3.8) is 0 Å². The third kappa shape index (κ3) is 1.95. The molecule has 0 unspecified atom stereocenters. The molecule has 4 heteroatoms. The maximum Gasteiger partial charge on any atom is 0.344 e. The van der Waals surface area contributed by atoms with Crippen LogP contribution in [-0.2, 0) is 4.74 Å². The molecule has 0 atom stereocenters. The first-order valence-electron chi connectivity index (χ1n) is 5.92. The summed E-state index contributed by atoms with van der Waals surface area (Å²) in [5, 5.41) is 8.81. The van der Waals surface area contributed by atoms with Crippen LogP contribution >= 0.6 is 0 Å². The number of rotatable bonds is 1. The average molecular weight is 265 g/mol. The van der Waals surface area contributed by atoms with E-state index in [4.69, 9.17) is 10.00 Å².